The lowest BCUT2D eigenvalue weighted by molar-refractivity contribution is -0.160. The molecule has 0 radical (unpaired) electrons. The number of allylic oxidation sites excluding steroid dienone is 1. The van der Waals surface area contributed by atoms with Crippen molar-refractivity contribution >= 4 is 11.9 Å². The Morgan fingerprint density at radius 3 is 2.00 bits per heavy atom. The third kappa shape index (κ3) is 2.89. The summed E-state index contributed by atoms with van der Waals surface area (Å²) in [6, 6.07) is 0. The third-order valence-corrected chi connectivity index (χ3v) is 1.95. The highest BCUT2D eigenvalue weighted by Crippen LogP contribution is 2.31. The van der Waals surface area contributed by atoms with Crippen molar-refractivity contribution < 1.29 is 19.8 Å². The maximum Gasteiger partial charge on any atom is 0.318 e. The minimum atomic E-state index is -1.38. The number of aliphatic carboxylic acids is 2. The summed E-state index contributed by atoms with van der Waals surface area (Å²) in [4.78, 5) is 21.3. The van der Waals surface area contributed by atoms with Gasteiger partial charge in [0.1, 0.15) is 0 Å². The van der Waals surface area contributed by atoms with Crippen molar-refractivity contribution in [2.45, 2.75) is 20.3 Å². The molecule has 0 unspecified atom stereocenters. The highest BCUT2D eigenvalue weighted by Gasteiger charge is 2.40. The maximum absolute atomic E-state index is 10.6. The zero-order chi connectivity index (χ0) is 10.6. The first kappa shape index (κ1) is 11.7. The molecule has 2 N–H and O–H groups in total. The number of carboxylic acid groups (broad SMARTS) is 2. The molecule has 0 fully saturated rings. The fourth-order valence-corrected chi connectivity index (χ4v) is 1.26. The van der Waals surface area contributed by atoms with Gasteiger partial charge in [0.05, 0.1) is 0 Å². The maximum atomic E-state index is 10.6. The summed E-state index contributed by atoms with van der Waals surface area (Å²) in [6.45, 7) is 6.66. The highest BCUT2D eigenvalue weighted by atomic mass is 16.4. The molecule has 0 rings (SSSR count). The minimum absolute atomic E-state index is 0.357. The van der Waals surface area contributed by atoms with Crippen LogP contribution < -0.4 is 0 Å². The second-order valence-electron chi connectivity index (χ2n) is 3.59. The van der Waals surface area contributed by atoms with Gasteiger partial charge in [-0.05, 0) is 11.8 Å². The van der Waals surface area contributed by atoms with Gasteiger partial charge in [0, 0.05) is 0 Å². The summed E-state index contributed by atoms with van der Waals surface area (Å²) in [7, 11) is 0. The van der Waals surface area contributed by atoms with Gasteiger partial charge in [0.2, 0.25) is 0 Å². The summed E-state index contributed by atoms with van der Waals surface area (Å²) in [5.41, 5.74) is -0.806. The van der Waals surface area contributed by atoms with E-state index in [1.807, 2.05) is 0 Å². The van der Waals surface area contributed by atoms with Gasteiger partial charge < -0.3 is 10.2 Å². The van der Waals surface area contributed by atoms with E-state index in [0.717, 1.165) is 0 Å². The van der Waals surface area contributed by atoms with Crippen molar-refractivity contribution in [3.05, 3.63) is 12.7 Å². The van der Waals surface area contributed by atoms with Crippen molar-refractivity contribution in [3.63, 3.8) is 0 Å². The van der Waals surface area contributed by atoms with Crippen LogP contribution in [0.15, 0.2) is 12.7 Å². The fraction of sp³-hybridized carbons (Fsp3) is 0.556. The lowest BCUT2D eigenvalue weighted by atomic mass is 9.76. The van der Waals surface area contributed by atoms with E-state index in [-0.39, 0.29) is 0 Å². The summed E-state index contributed by atoms with van der Waals surface area (Å²) < 4.78 is 0. The Bertz CT molecular complexity index is 216. The van der Waals surface area contributed by atoms with Crippen LogP contribution >= 0.6 is 0 Å². The predicted octanol–water partition coefficient (Wildman–Crippen LogP) is 1.37. The van der Waals surface area contributed by atoms with Gasteiger partial charge in [-0.25, -0.2) is 0 Å². The lowest BCUT2D eigenvalue weighted by Gasteiger charge is -2.26. The molecule has 0 heterocycles. The molecule has 0 amide bonds. The Kier molecular flexibility index (Phi) is 3.66. The molecule has 0 aliphatic rings. The van der Waals surface area contributed by atoms with Crippen LogP contribution in [0.1, 0.15) is 20.3 Å². The fourth-order valence-electron chi connectivity index (χ4n) is 1.26. The Morgan fingerprint density at radius 2 is 1.77 bits per heavy atom. The summed E-state index contributed by atoms with van der Waals surface area (Å²) in [5.74, 6) is -4.00. The Hall–Kier alpha value is -1.32. The first-order valence-corrected chi connectivity index (χ1v) is 3.89. The van der Waals surface area contributed by atoms with Gasteiger partial charge >= 0.3 is 11.9 Å². The minimum Gasteiger partial charge on any atom is -0.481 e. The van der Waals surface area contributed by atoms with E-state index in [1.54, 1.807) is 13.8 Å². The molecule has 0 bridgehead atoms. The molecule has 0 aromatic rings. The Morgan fingerprint density at radius 1 is 1.38 bits per heavy atom. The standard InChI is InChI=1S/C9H14O4/c1-4-5-9(2,3)6(7(10)11)8(12)13/h4,6H,1,5H2,2-3H3,(H,10,11)(H,12,13). The van der Waals surface area contributed by atoms with E-state index in [0.29, 0.717) is 6.42 Å². The zero-order valence-electron chi connectivity index (χ0n) is 7.78. The summed E-state index contributed by atoms with van der Waals surface area (Å²) in [6.07, 6.45) is 1.88. The monoisotopic (exact) mass is 186 g/mol. The van der Waals surface area contributed by atoms with Crippen LogP contribution in [0.3, 0.4) is 0 Å². The molecule has 4 heteroatoms. The number of carboxylic acids is 2. The molecule has 0 spiro atoms. The quantitative estimate of drug-likeness (QED) is 0.502. The molecule has 0 saturated heterocycles. The van der Waals surface area contributed by atoms with Gasteiger partial charge in [-0.15, -0.1) is 6.58 Å². The molecular formula is C9H14O4. The molecule has 0 aromatic carbocycles. The van der Waals surface area contributed by atoms with Crippen LogP contribution in [-0.4, -0.2) is 22.2 Å². The predicted molar refractivity (Wildman–Crippen MR) is 47.4 cm³/mol. The largest absolute Gasteiger partial charge is 0.481 e. The van der Waals surface area contributed by atoms with Gasteiger partial charge in [-0.2, -0.15) is 0 Å². The van der Waals surface area contributed by atoms with Crippen LogP contribution in [0.2, 0.25) is 0 Å². The molecule has 0 aromatic heterocycles. The van der Waals surface area contributed by atoms with Crippen molar-refractivity contribution in [2.75, 3.05) is 0 Å². The van der Waals surface area contributed by atoms with Crippen LogP contribution in [-0.2, 0) is 9.59 Å². The normalized spacial score (nSPS) is 11.3. The third-order valence-electron chi connectivity index (χ3n) is 1.95. The van der Waals surface area contributed by atoms with Crippen LogP contribution in [0.4, 0.5) is 0 Å². The number of carbonyl (C=O) groups is 2. The van der Waals surface area contributed by atoms with Crippen LogP contribution in [0, 0.1) is 11.3 Å². The molecular weight excluding hydrogens is 172 g/mol. The molecule has 74 valence electrons. The second-order valence-corrected chi connectivity index (χ2v) is 3.59. The summed E-state index contributed by atoms with van der Waals surface area (Å²) >= 11 is 0. The first-order valence-electron chi connectivity index (χ1n) is 3.89. The van der Waals surface area contributed by atoms with E-state index in [9.17, 15) is 9.59 Å². The molecule has 0 aliphatic heterocycles. The highest BCUT2D eigenvalue weighted by molar-refractivity contribution is 5.93. The first-order chi connectivity index (χ1) is 5.83. The smallest absolute Gasteiger partial charge is 0.318 e. The van der Waals surface area contributed by atoms with Crippen molar-refractivity contribution in [1.29, 1.82) is 0 Å². The van der Waals surface area contributed by atoms with Gasteiger partial charge in [0.25, 0.3) is 0 Å². The molecule has 0 atom stereocenters. The van der Waals surface area contributed by atoms with Gasteiger partial charge in [-0.1, -0.05) is 19.9 Å². The molecule has 0 saturated carbocycles. The van der Waals surface area contributed by atoms with E-state index in [4.69, 9.17) is 10.2 Å². The average molecular weight is 186 g/mol. The van der Waals surface area contributed by atoms with E-state index in [2.05, 4.69) is 6.58 Å². The lowest BCUT2D eigenvalue weighted by Crippen LogP contribution is -2.36. The zero-order valence-corrected chi connectivity index (χ0v) is 7.78. The van der Waals surface area contributed by atoms with Crippen molar-refractivity contribution in [1.82, 2.24) is 0 Å². The average Bonchev–Trinajstić information content (AvgIpc) is 1.82. The van der Waals surface area contributed by atoms with E-state index < -0.39 is 23.3 Å². The number of hydrogen-bond donors (Lipinski definition) is 2. The van der Waals surface area contributed by atoms with Crippen molar-refractivity contribution in [2.24, 2.45) is 11.3 Å². The van der Waals surface area contributed by atoms with Crippen molar-refractivity contribution in [3.8, 4) is 0 Å². The SMILES string of the molecule is C=CCC(C)(C)C(C(=O)O)C(=O)O. The second kappa shape index (κ2) is 4.07. The number of hydrogen-bond acceptors (Lipinski definition) is 2. The van der Waals surface area contributed by atoms with Crippen LogP contribution in [0.25, 0.3) is 0 Å². The van der Waals surface area contributed by atoms with Gasteiger partial charge in [0.15, 0.2) is 5.92 Å². The Balaban J connectivity index is 4.82. The molecule has 0 aliphatic carbocycles. The van der Waals surface area contributed by atoms with E-state index >= 15 is 0 Å². The van der Waals surface area contributed by atoms with Gasteiger partial charge in [-0.3, -0.25) is 9.59 Å². The topological polar surface area (TPSA) is 74.6 Å². The number of rotatable bonds is 5. The molecule has 4 nitrogen and oxygen atoms in total. The van der Waals surface area contributed by atoms with Crippen LogP contribution in [0.5, 0.6) is 0 Å². The summed E-state index contributed by atoms with van der Waals surface area (Å²) in [5, 5.41) is 17.4. The molecule has 13 heavy (non-hydrogen) atoms. The Labute approximate surface area is 76.9 Å². The van der Waals surface area contributed by atoms with E-state index in [1.165, 1.54) is 6.08 Å².